The summed E-state index contributed by atoms with van der Waals surface area (Å²) in [5.74, 6) is -0.251. The van der Waals surface area contributed by atoms with Crippen molar-refractivity contribution in [2.24, 2.45) is 5.92 Å². The van der Waals surface area contributed by atoms with E-state index in [1.54, 1.807) is 0 Å². The monoisotopic (exact) mass is 295 g/mol. The fourth-order valence-electron chi connectivity index (χ4n) is 2.18. The van der Waals surface area contributed by atoms with Crippen LogP contribution in [0.3, 0.4) is 0 Å². The fourth-order valence-corrected chi connectivity index (χ4v) is 2.18. The number of rotatable bonds is 8. The van der Waals surface area contributed by atoms with Gasteiger partial charge in [0.1, 0.15) is 5.69 Å². The molecular weight excluding hydrogens is 274 g/mol. The Labute approximate surface area is 123 Å². The minimum absolute atomic E-state index is 0.0689. The van der Waals surface area contributed by atoms with E-state index < -0.39 is 10.8 Å². The van der Waals surface area contributed by atoms with E-state index in [1.807, 2.05) is 6.92 Å². The van der Waals surface area contributed by atoms with Crippen LogP contribution in [-0.2, 0) is 0 Å². The Balaban J connectivity index is 2.76. The molecule has 7 nitrogen and oxygen atoms in total. The van der Waals surface area contributed by atoms with Crippen LogP contribution in [0.2, 0.25) is 0 Å². The molecule has 116 valence electrons. The number of nitrogens with two attached hydrogens (primary N) is 1. The zero-order chi connectivity index (χ0) is 15.8. The van der Waals surface area contributed by atoms with Gasteiger partial charge < -0.3 is 16.2 Å². The zero-order valence-electron chi connectivity index (χ0n) is 12.0. The van der Waals surface area contributed by atoms with Crippen molar-refractivity contribution in [3.63, 3.8) is 0 Å². The number of nitro benzene ring substituents is 1. The Morgan fingerprint density at radius 1 is 1.48 bits per heavy atom. The first-order valence-electron chi connectivity index (χ1n) is 6.93. The van der Waals surface area contributed by atoms with Gasteiger partial charge in [-0.1, -0.05) is 19.4 Å². The van der Waals surface area contributed by atoms with E-state index >= 15 is 0 Å². The third kappa shape index (κ3) is 4.71. The Bertz CT molecular complexity index is 499. The second-order valence-electron chi connectivity index (χ2n) is 4.87. The second-order valence-corrected chi connectivity index (χ2v) is 4.87. The van der Waals surface area contributed by atoms with Crippen molar-refractivity contribution in [3.05, 3.63) is 33.9 Å². The van der Waals surface area contributed by atoms with Crippen LogP contribution in [-0.4, -0.2) is 29.1 Å². The number of nitrogens with zero attached hydrogens (tertiary/aromatic N) is 1. The minimum atomic E-state index is -0.613. The summed E-state index contributed by atoms with van der Waals surface area (Å²) in [7, 11) is 0. The molecule has 1 amide bonds. The van der Waals surface area contributed by atoms with Crippen LogP contribution in [0.25, 0.3) is 0 Å². The molecule has 0 aliphatic carbocycles. The van der Waals surface area contributed by atoms with Crippen LogP contribution in [0.5, 0.6) is 0 Å². The van der Waals surface area contributed by atoms with Gasteiger partial charge in [0.2, 0.25) is 0 Å². The molecular formula is C14H21N3O4. The van der Waals surface area contributed by atoms with E-state index in [9.17, 15) is 14.9 Å². The van der Waals surface area contributed by atoms with Crippen LogP contribution in [0.1, 0.15) is 36.5 Å². The molecule has 0 heterocycles. The summed E-state index contributed by atoms with van der Waals surface area (Å²) < 4.78 is 0. The number of anilines is 1. The van der Waals surface area contributed by atoms with Crippen LogP contribution in [0.15, 0.2) is 18.2 Å². The molecule has 0 bridgehead atoms. The summed E-state index contributed by atoms with van der Waals surface area (Å²) in [5, 5.41) is 22.5. The number of benzene rings is 1. The van der Waals surface area contributed by atoms with Gasteiger partial charge in [0.25, 0.3) is 11.6 Å². The predicted molar refractivity (Wildman–Crippen MR) is 79.9 cm³/mol. The number of nitro groups is 1. The highest BCUT2D eigenvalue weighted by molar-refractivity contribution is 6.00. The van der Waals surface area contributed by atoms with Crippen molar-refractivity contribution >= 4 is 17.3 Å². The first kappa shape index (κ1) is 16.9. The number of hydrogen-bond acceptors (Lipinski definition) is 5. The Morgan fingerprint density at radius 3 is 2.76 bits per heavy atom. The van der Waals surface area contributed by atoms with E-state index in [2.05, 4.69) is 5.32 Å². The maximum atomic E-state index is 12.1. The predicted octanol–water partition coefficient (Wildman–Crippen LogP) is 1.71. The van der Waals surface area contributed by atoms with Gasteiger partial charge in [-0.15, -0.1) is 0 Å². The normalized spacial score (nSPS) is 11.9. The molecule has 1 unspecified atom stereocenters. The number of amides is 1. The summed E-state index contributed by atoms with van der Waals surface area (Å²) in [6.45, 7) is 2.51. The lowest BCUT2D eigenvalue weighted by atomic mass is 10.00. The van der Waals surface area contributed by atoms with Crippen molar-refractivity contribution in [1.82, 2.24) is 5.32 Å². The van der Waals surface area contributed by atoms with E-state index in [0.29, 0.717) is 13.0 Å². The van der Waals surface area contributed by atoms with Crippen LogP contribution in [0.4, 0.5) is 11.4 Å². The number of aliphatic hydroxyl groups excluding tert-OH is 1. The smallest absolute Gasteiger partial charge is 0.292 e. The van der Waals surface area contributed by atoms with E-state index in [0.717, 1.165) is 12.8 Å². The van der Waals surface area contributed by atoms with Gasteiger partial charge in [0, 0.05) is 19.2 Å². The van der Waals surface area contributed by atoms with Gasteiger partial charge in [0.05, 0.1) is 10.5 Å². The standard InChI is InChI=1S/C14H21N3O4/c1-2-4-10(7-8-18)9-16-14(19)11-5-3-6-12(13(11)15)17(20)21/h3,5-6,10,18H,2,4,7-9,15H2,1H3,(H,16,19). The molecule has 1 rings (SSSR count). The van der Waals surface area contributed by atoms with E-state index in [1.165, 1.54) is 18.2 Å². The third-order valence-corrected chi connectivity index (χ3v) is 3.31. The molecule has 0 saturated heterocycles. The summed E-state index contributed by atoms with van der Waals surface area (Å²) in [6, 6.07) is 4.15. The molecule has 1 aromatic rings. The summed E-state index contributed by atoms with van der Waals surface area (Å²) in [6.07, 6.45) is 2.46. The lowest BCUT2D eigenvalue weighted by Gasteiger charge is -2.16. The number of carbonyl (C=O) groups excluding carboxylic acids is 1. The number of nitrogen functional groups attached to an aromatic ring is 1. The summed E-state index contributed by atoms with van der Waals surface area (Å²) >= 11 is 0. The van der Waals surface area contributed by atoms with Crippen molar-refractivity contribution in [2.45, 2.75) is 26.2 Å². The molecule has 0 spiro atoms. The molecule has 21 heavy (non-hydrogen) atoms. The lowest BCUT2D eigenvalue weighted by Crippen LogP contribution is -2.30. The average Bonchev–Trinajstić information content (AvgIpc) is 2.44. The van der Waals surface area contributed by atoms with Crippen molar-refractivity contribution < 1.29 is 14.8 Å². The number of aliphatic hydroxyl groups is 1. The highest BCUT2D eigenvalue weighted by Gasteiger charge is 2.19. The Kier molecular flexibility index (Phi) is 6.61. The van der Waals surface area contributed by atoms with Crippen LogP contribution in [0, 0.1) is 16.0 Å². The molecule has 0 aromatic heterocycles. The van der Waals surface area contributed by atoms with Crippen molar-refractivity contribution in [2.75, 3.05) is 18.9 Å². The second kappa shape index (κ2) is 8.21. The van der Waals surface area contributed by atoms with Gasteiger partial charge in [-0.3, -0.25) is 14.9 Å². The molecule has 0 aliphatic rings. The Morgan fingerprint density at radius 2 is 2.19 bits per heavy atom. The van der Waals surface area contributed by atoms with E-state index in [-0.39, 0.29) is 29.5 Å². The maximum Gasteiger partial charge on any atom is 0.292 e. The molecule has 0 saturated carbocycles. The van der Waals surface area contributed by atoms with Crippen LogP contribution < -0.4 is 11.1 Å². The Hall–Kier alpha value is -2.15. The molecule has 1 atom stereocenters. The summed E-state index contributed by atoms with van der Waals surface area (Å²) in [5.41, 5.74) is 5.36. The maximum absolute atomic E-state index is 12.1. The van der Waals surface area contributed by atoms with E-state index in [4.69, 9.17) is 10.8 Å². The summed E-state index contributed by atoms with van der Waals surface area (Å²) in [4.78, 5) is 22.3. The SMILES string of the molecule is CCCC(CCO)CNC(=O)c1cccc([N+](=O)[O-])c1N. The molecule has 4 N–H and O–H groups in total. The van der Waals surface area contributed by atoms with Gasteiger partial charge in [-0.2, -0.15) is 0 Å². The largest absolute Gasteiger partial charge is 0.396 e. The number of carbonyl (C=O) groups is 1. The molecule has 0 aliphatic heterocycles. The lowest BCUT2D eigenvalue weighted by molar-refractivity contribution is -0.383. The molecule has 0 fully saturated rings. The fraction of sp³-hybridized carbons (Fsp3) is 0.500. The highest BCUT2D eigenvalue weighted by atomic mass is 16.6. The molecule has 0 radical (unpaired) electrons. The third-order valence-electron chi connectivity index (χ3n) is 3.31. The highest BCUT2D eigenvalue weighted by Crippen LogP contribution is 2.24. The van der Waals surface area contributed by atoms with Gasteiger partial charge in [-0.25, -0.2) is 0 Å². The number of hydrogen-bond donors (Lipinski definition) is 3. The average molecular weight is 295 g/mol. The van der Waals surface area contributed by atoms with Crippen molar-refractivity contribution in [3.8, 4) is 0 Å². The number of nitrogens with one attached hydrogen (secondary N) is 1. The zero-order valence-corrected chi connectivity index (χ0v) is 12.0. The number of para-hydroxylation sites is 1. The minimum Gasteiger partial charge on any atom is -0.396 e. The van der Waals surface area contributed by atoms with Gasteiger partial charge in [-0.05, 0) is 24.8 Å². The molecule has 7 heteroatoms. The van der Waals surface area contributed by atoms with Gasteiger partial charge in [0.15, 0.2) is 0 Å². The van der Waals surface area contributed by atoms with Gasteiger partial charge >= 0.3 is 0 Å². The van der Waals surface area contributed by atoms with Crippen molar-refractivity contribution in [1.29, 1.82) is 0 Å². The quantitative estimate of drug-likeness (QED) is 0.383. The first-order chi connectivity index (χ1) is 10.0. The first-order valence-corrected chi connectivity index (χ1v) is 6.93. The topological polar surface area (TPSA) is 118 Å². The van der Waals surface area contributed by atoms with Crippen LogP contribution >= 0.6 is 0 Å². The molecule has 1 aromatic carbocycles.